The zero-order valence-corrected chi connectivity index (χ0v) is 12.8. The van der Waals surface area contributed by atoms with Gasteiger partial charge in [0.15, 0.2) is 0 Å². The van der Waals surface area contributed by atoms with Gasteiger partial charge in [-0.1, -0.05) is 32.1 Å². The third kappa shape index (κ3) is 3.15. The fourth-order valence-electron chi connectivity index (χ4n) is 3.03. The zero-order valence-electron chi connectivity index (χ0n) is 11.2. The number of nitrogens with zero attached hydrogens (tertiary/aromatic N) is 2. The first-order valence-electron chi connectivity index (χ1n) is 7.20. The summed E-state index contributed by atoms with van der Waals surface area (Å²) in [7, 11) is 0. The second-order valence-electron chi connectivity index (χ2n) is 5.32. The Morgan fingerprint density at radius 2 is 1.94 bits per heavy atom. The first kappa shape index (κ1) is 14.1. The molecular weight excluding hydrogens is 290 g/mol. The predicted molar refractivity (Wildman–Crippen MR) is 78.3 cm³/mol. The van der Waals surface area contributed by atoms with Crippen LogP contribution in [0.15, 0.2) is 10.7 Å². The monoisotopic (exact) mass is 313 g/mol. The predicted octanol–water partition coefficient (Wildman–Crippen LogP) is 4.03. The summed E-state index contributed by atoms with van der Waals surface area (Å²) in [5, 5.41) is 4.38. The van der Waals surface area contributed by atoms with E-state index in [1.807, 2.05) is 10.9 Å². The molecule has 1 aliphatic rings. The molecule has 0 radical (unpaired) electrons. The molecule has 102 valence electrons. The van der Waals surface area contributed by atoms with Crippen molar-refractivity contribution in [3.05, 3.63) is 16.4 Å². The maximum absolute atomic E-state index is 6.52. The summed E-state index contributed by atoms with van der Waals surface area (Å²) in [6, 6.07) is 0.125. The Balaban J connectivity index is 2.12. The van der Waals surface area contributed by atoms with Crippen LogP contribution in [0.3, 0.4) is 0 Å². The highest BCUT2D eigenvalue weighted by atomic mass is 79.9. The Morgan fingerprint density at radius 3 is 2.56 bits per heavy atom. The van der Waals surface area contributed by atoms with E-state index in [2.05, 4.69) is 28.0 Å². The van der Waals surface area contributed by atoms with Crippen molar-refractivity contribution in [3.63, 3.8) is 0 Å². The molecule has 3 nitrogen and oxygen atoms in total. The van der Waals surface area contributed by atoms with Gasteiger partial charge in [-0.05, 0) is 41.6 Å². The highest BCUT2D eigenvalue weighted by Crippen LogP contribution is 2.34. The quantitative estimate of drug-likeness (QED) is 0.915. The van der Waals surface area contributed by atoms with Crippen molar-refractivity contribution in [2.45, 2.75) is 64.5 Å². The normalized spacial score (nSPS) is 20.4. The molecule has 2 rings (SSSR count). The summed E-state index contributed by atoms with van der Waals surface area (Å²) in [6.45, 7) is 3.01. The van der Waals surface area contributed by atoms with Crippen molar-refractivity contribution in [2.75, 3.05) is 0 Å². The Kier molecular flexibility index (Phi) is 5.25. The van der Waals surface area contributed by atoms with Crippen molar-refractivity contribution < 1.29 is 0 Å². The fraction of sp³-hybridized carbons (Fsp3) is 0.786. The second kappa shape index (κ2) is 6.71. The van der Waals surface area contributed by atoms with E-state index in [-0.39, 0.29) is 6.04 Å². The van der Waals surface area contributed by atoms with Crippen molar-refractivity contribution in [1.82, 2.24) is 9.78 Å². The van der Waals surface area contributed by atoms with E-state index in [0.717, 1.165) is 11.0 Å². The molecule has 1 aliphatic carbocycles. The SMILES string of the molecule is CCn1ncc(Br)c1C(N)C1CCCCCCC1. The number of nitrogens with two attached hydrogens (primary N) is 1. The summed E-state index contributed by atoms with van der Waals surface area (Å²) >= 11 is 3.60. The van der Waals surface area contributed by atoms with Crippen LogP contribution < -0.4 is 5.73 Å². The molecule has 4 heteroatoms. The van der Waals surface area contributed by atoms with E-state index in [1.54, 1.807) is 0 Å². The van der Waals surface area contributed by atoms with Gasteiger partial charge in [-0.25, -0.2) is 0 Å². The number of aromatic nitrogens is 2. The van der Waals surface area contributed by atoms with Crippen LogP contribution in [-0.2, 0) is 6.54 Å². The van der Waals surface area contributed by atoms with Crippen LogP contribution in [0.1, 0.15) is 63.6 Å². The third-order valence-electron chi connectivity index (χ3n) is 4.11. The second-order valence-corrected chi connectivity index (χ2v) is 6.18. The molecule has 0 spiro atoms. The van der Waals surface area contributed by atoms with Crippen LogP contribution >= 0.6 is 15.9 Å². The molecule has 1 aromatic rings. The smallest absolute Gasteiger partial charge is 0.0696 e. The number of hydrogen-bond acceptors (Lipinski definition) is 2. The van der Waals surface area contributed by atoms with E-state index in [9.17, 15) is 0 Å². The highest BCUT2D eigenvalue weighted by Gasteiger charge is 2.25. The average molecular weight is 314 g/mol. The molecule has 2 N–H and O–H groups in total. The standard InChI is InChI=1S/C14H24BrN3/c1-2-18-14(12(15)10-17-18)13(16)11-8-6-4-3-5-7-9-11/h10-11,13H,2-9,16H2,1H3. The van der Waals surface area contributed by atoms with Gasteiger partial charge in [0.1, 0.15) is 0 Å². The lowest BCUT2D eigenvalue weighted by atomic mass is 9.85. The minimum absolute atomic E-state index is 0.125. The van der Waals surface area contributed by atoms with E-state index < -0.39 is 0 Å². The van der Waals surface area contributed by atoms with Crippen molar-refractivity contribution in [3.8, 4) is 0 Å². The lowest BCUT2D eigenvalue weighted by Crippen LogP contribution is -2.25. The third-order valence-corrected chi connectivity index (χ3v) is 4.72. The van der Waals surface area contributed by atoms with Gasteiger partial charge in [0.05, 0.1) is 22.4 Å². The first-order chi connectivity index (χ1) is 8.74. The molecule has 1 aromatic heterocycles. The summed E-state index contributed by atoms with van der Waals surface area (Å²) < 4.78 is 3.10. The van der Waals surface area contributed by atoms with Gasteiger partial charge in [-0.3, -0.25) is 4.68 Å². The molecular formula is C14H24BrN3. The molecule has 1 fully saturated rings. The van der Waals surface area contributed by atoms with Gasteiger partial charge < -0.3 is 5.73 Å². The molecule has 0 saturated heterocycles. The molecule has 0 aliphatic heterocycles. The Hall–Kier alpha value is -0.350. The van der Waals surface area contributed by atoms with Crippen LogP contribution in [0.4, 0.5) is 0 Å². The Bertz CT molecular complexity index is 367. The number of hydrogen-bond donors (Lipinski definition) is 1. The molecule has 1 unspecified atom stereocenters. The van der Waals surface area contributed by atoms with E-state index in [4.69, 9.17) is 5.73 Å². The van der Waals surface area contributed by atoms with E-state index in [0.29, 0.717) is 5.92 Å². The molecule has 18 heavy (non-hydrogen) atoms. The molecule has 0 amide bonds. The maximum Gasteiger partial charge on any atom is 0.0696 e. The molecule has 0 aromatic carbocycles. The molecule has 1 saturated carbocycles. The minimum Gasteiger partial charge on any atom is -0.322 e. The summed E-state index contributed by atoms with van der Waals surface area (Å²) in [6.07, 6.45) is 11.2. The summed E-state index contributed by atoms with van der Waals surface area (Å²) in [5.41, 5.74) is 7.70. The maximum atomic E-state index is 6.52. The lowest BCUT2D eigenvalue weighted by Gasteiger charge is -2.26. The first-order valence-corrected chi connectivity index (χ1v) is 8.00. The number of halogens is 1. The van der Waals surface area contributed by atoms with Gasteiger partial charge in [0.25, 0.3) is 0 Å². The van der Waals surface area contributed by atoms with Crippen LogP contribution in [0.2, 0.25) is 0 Å². The molecule has 1 heterocycles. The zero-order chi connectivity index (χ0) is 13.0. The van der Waals surface area contributed by atoms with E-state index in [1.165, 1.54) is 50.6 Å². The largest absolute Gasteiger partial charge is 0.322 e. The minimum atomic E-state index is 0.125. The molecule has 1 atom stereocenters. The summed E-state index contributed by atoms with van der Waals surface area (Å²) in [5.74, 6) is 0.614. The van der Waals surface area contributed by atoms with Gasteiger partial charge in [-0.2, -0.15) is 5.10 Å². The number of aryl methyl sites for hydroxylation is 1. The topological polar surface area (TPSA) is 43.8 Å². The van der Waals surface area contributed by atoms with Crippen LogP contribution in [0, 0.1) is 5.92 Å². The van der Waals surface area contributed by atoms with Crippen LogP contribution in [0.25, 0.3) is 0 Å². The van der Waals surface area contributed by atoms with Gasteiger partial charge in [0.2, 0.25) is 0 Å². The van der Waals surface area contributed by atoms with Gasteiger partial charge in [-0.15, -0.1) is 0 Å². The van der Waals surface area contributed by atoms with Crippen molar-refractivity contribution in [1.29, 1.82) is 0 Å². The van der Waals surface area contributed by atoms with Crippen LogP contribution in [0.5, 0.6) is 0 Å². The van der Waals surface area contributed by atoms with Gasteiger partial charge >= 0.3 is 0 Å². The van der Waals surface area contributed by atoms with Crippen LogP contribution in [-0.4, -0.2) is 9.78 Å². The van der Waals surface area contributed by atoms with Gasteiger partial charge in [0, 0.05) is 6.54 Å². The van der Waals surface area contributed by atoms with Crippen molar-refractivity contribution in [2.24, 2.45) is 11.7 Å². The van der Waals surface area contributed by atoms with E-state index >= 15 is 0 Å². The average Bonchev–Trinajstić information content (AvgIpc) is 2.69. The summed E-state index contributed by atoms with van der Waals surface area (Å²) in [4.78, 5) is 0. The fourth-order valence-corrected chi connectivity index (χ4v) is 3.59. The van der Waals surface area contributed by atoms with Crippen molar-refractivity contribution >= 4 is 15.9 Å². The molecule has 0 bridgehead atoms. The number of rotatable bonds is 3. The Labute approximate surface area is 118 Å². The lowest BCUT2D eigenvalue weighted by molar-refractivity contribution is 0.316. The Morgan fingerprint density at radius 1 is 1.33 bits per heavy atom. The highest BCUT2D eigenvalue weighted by molar-refractivity contribution is 9.10.